The Balaban J connectivity index is 2.78. The van der Waals surface area contributed by atoms with E-state index >= 15 is 0 Å². The maximum Gasteiger partial charge on any atom is 0.162 e. The number of carbonyl (C=O) groups is 1. The summed E-state index contributed by atoms with van der Waals surface area (Å²) in [6.07, 6.45) is 0.484. The molecule has 1 aromatic carbocycles. The van der Waals surface area contributed by atoms with Crippen LogP contribution in [-0.4, -0.2) is 34.7 Å². The largest absolute Gasteiger partial charge is 0.394 e. The zero-order valence-corrected chi connectivity index (χ0v) is 10.2. The molecule has 0 aliphatic carbocycles. The maximum absolute atomic E-state index is 11.4. The first-order valence-corrected chi connectivity index (χ1v) is 5.68. The van der Waals surface area contributed by atoms with Gasteiger partial charge < -0.3 is 15.5 Å². The van der Waals surface area contributed by atoms with E-state index < -0.39 is 5.54 Å². The molecule has 0 heterocycles. The van der Waals surface area contributed by atoms with E-state index in [1.165, 1.54) is 0 Å². The molecule has 0 atom stereocenters. The van der Waals surface area contributed by atoms with Crippen LogP contribution in [0.2, 0.25) is 0 Å². The predicted octanol–water partition coefficient (Wildman–Crippen LogP) is 1.43. The molecule has 94 valence electrons. The average Bonchev–Trinajstić information content (AvgIpc) is 2.38. The van der Waals surface area contributed by atoms with Crippen LogP contribution in [0.15, 0.2) is 24.3 Å². The van der Waals surface area contributed by atoms with Gasteiger partial charge in [0.05, 0.1) is 18.8 Å². The Labute approximate surface area is 101 Å². The summed E-state index contributed by atoms with van der Waals surface area (Å²) in [6.45, 7) is 3.21. The lowest BCUT2D eigenvalue weighted by molar-refractivity contribution is 0.0988. The Morgan fingerprint density at radius 3 is 2.18 bits per heavy atom. The summed E-state index contributed by atoms with van der Waals surface area (Å²) in [5.41, 5.74) is 0.687. The number of benzene rings is 1. The maximum atomic E-state index is 11.4. The zero-order valence-electron chi connectivity index (χ0n) is 10.2. The normalized spacial score (nSPS) is 11.3. The molecule has 1 aromatic rings. The highest BCUT2D eigenvalue weighted by Gasteiger charge is 2.21. The fourth-order valence-electron chi connectivity index (χ4n) is 1.42. The number of carbonyl (C=O) groups excluding carboxylic acids is 1. The van der Waals surface area contributed by atoms with Crippen molar-refractivity contribution in [3.8, 4) is 0 Å². The van der Waals surface area contributed by atoms with E-state index in [-0.39, 0.29) is 19.0 Å². The fraction of sp³-hybridized carbons (Fsp3) is 0.462. The van der Waals surface area contributed by atoms with E-state index in [1.54, 1.807) is 31.2 Å². The predicted molar refractivity (Wildman–Crippen MR) is 67.3 cm³/mol. The van der Waals surface area contributed by atoms with Gasteiger partial charge in [-0.1, -0.05) is 6.92 Å². The quantitative estimate of drug-likeness (QED) is 0.655. The van der Waals surface area contributed by atoms with E-state index in [4.69, 9.17) is 10.2 Å². The van der Waals surface area contributed by atoms with Crippen molar-refractivity contribution in [3.63, 3.8) is 0 Å². The second-order valence-electron chi connectivity index (χ2n) is 4.36. The molecule has 4 nitrogen and oxygen atoms in total. The molecular formula is C13H19NO3. The zero-order chi connectivity index (χ0) is 12.9. The highest BCUT2D eigenvalue weighted by molar-refractivity contribution is 5.96. The van der Waals surface area contributed by atoms with Crippen molar-refractivity contribution >= 4 is 11.5 Å². The Hall–Kier alpha value is -1.39. The van der Waals surface area contributed by atoms with Crippen LogP contribution in [0.5, 0.6) is 0 Å². The van der Waals surface area contributed by atoms with Gasteiger partial charge in [0.1, 0.15) is 0 Å². The summed E-state index contributed by atoms with van der Waals surface area (Å²) in [5.74, 6) is 0.101. The van der Waals surface area contributed by atoms with Crippen molar-refractivity contribution in [1.29, 1.82) is 0 Å². The molecule has 0 aromatic heterocycles. The van der Waals surface area contributed by atoms with Crippen LogP contribution < -0.4 is 5.32 Å². The summed E-state index contributed by atoms with van der Waals surface area (Å²) in [7, 11) is 0. The molecule has 0 saturated carbocycles. The van der Waals surface area contributed by atoms with E-state index in [0.29, 0.717) is 12.0 Å². The number of hydrogen-bond donors (Lipinski definition) is 3. The van der Waals surface area contributed by atoms with Gasteiger partial charge >= 0.3 is 0 Å². The molecule has 0 aliphatic heterocycles. The molecule has 17 heavy (non-hydrogen) atoms. The first-order valence-electron chi connectivity index (χ1n) is 5.68. The number of nitrogens with one attached hydrogen (secondary N) is 1. The summed E-state index contributed by atoms with van der Waals surface area (Å²) < 4.78 is 0. The van der Waals surface area contributed by atoms with Crippen molar-refractivity contribution in [2.75, 3.05) is 18.5 Å². The molecule has 1 rings (SSSR count). The number of ketones is 1. The number of Topliss-reactive ketones (excluding diaryl/α,β-unsaturated/α-hetero) is 1. The Morgan fingerprint density at radius 2 is 1.76 bits per heavy atom. The molecule has 0 fully saturated rings. The minimum Gasteiger partial charge on any atom is -0.394 e. The highest BCUT2D eigenvalue weighted by atomic mass is 16.3. The minimum absolute atomic E-state index is 0.101. The molecule has 0 unspecified atom stereocenters. The standard InChI is InChI=1S/C13H19NO3/c1-3-12(17)10-4-6-11(7-5-10)14-13(2,8-15)9-16/h4-7,14-16H,3,8-9H2,1-2H3. The van der Waals surface area contributed by atoms with Crippen molar-refractivity contribution in [2.24, 2.45) is 0 Å². The molecular weight excluding hydrogens is 218 g/mol. The molecule has 0 saturated heterocycles. The summed E-state index contributed by atoms with van der Waals surface area (Å²) in [4.78, 5) is 11.4. The second-order valence-corrected chi connectivity index (χ2v) is 4.36. The van der Waals surface area contributed by atoms with E-state index in [9.17, 15) is 4.79 Å². The van der Waals surface area contributed by atoms with Gasteiger partial charge in [-0.3, -0.25) is 4.79 Å². The topological polar surface area (TPSA) is 69.6 Å². The summed E-state index contributed by atoms with van der Waals surface area (Å²) >= 11 is 0. The van der Waals surface area contributed by atoms with Crippen LogP contribution >= 0.6 is 0 Å². The second kappa shape index (κ2) is 5.80. The van der Waals surface area contributed by atoms with E-state index in [0.717, 1.165) is 5.69 Å². The van der Waals surface area contributed by atoms with Gasteiger partial charge in [0.25, 0.3) is 0 Å². The van der Waals surface area contributed by atoms with Crippen LogP contribution in [0, 0.1) is 0 Å². The van der Waals surface area contributed by atoms with Crippen molar-refractivity contribution < 1.29 is 15.0 Å². The van der Waals surface area contributed by atoms with Crippen LogP contribution in [-0.2, 0) is 0 Å². The smallest absolute Gasteiger partial charge is 0.162 e. The van der Waals surface area contributed by atoms with Gasteiger partial charge in [0.15, 0.2) is 5.78 Å². The Morgan fingerprint density at radius 1 is 1.24 bits per heavy atom. The lowest BCUT2D eigenvalue weighted by Crippen LogP contribution is -2.42. The molecule has 0 amide bonds. The highest BCUT2D eigenvalue weighted by Crippen LogP contribution is 2.16. The van der Waals surface area contributed by atoms with Crippen LogP contribution in [0.3, 0.4) is 0 Å². The molecule has 0 bridgehead atoms. The van der Waals surface area contributed by atoms with Crippen molar-refractivity contribution in [2.45, 2.75) is 25.8 Å². The number of rotatable bonds is 6. The SMILES string of the molecule is CCC(=O)c1ccc(NC(C)(CO)CO)cc1. The van der Waals surface area contributed by atoms with Gasteiger partial charge in [0.2, 0.25) is 0 Å². The number of anilines is 1. The Bertz CT molecular complexity index is 369. The number of aliphatic hydroxyl groups is 2. The summed E-state index contributed by atoms with van der Waals surface area (Å²) in [5, 5.41) is 21.3. The lowest BCUT2D eigenvalue weighted by Gasteiger charge is -2.27. The molecule has 0 radical (unpaired) electrons. The minimum atomic E-state index is -0.754. The first kappa shape index (κ1) is 13.7. The van der Waals surface area contributed by atoms with Crippen LogP contribution in [0.25, 0.3) is 0 Å². The number of aliphatic hydroxyl groups excluding tert-OH is 2. The van der Waals surface area contributed by atoms with Gasteiger partial charge in [-0.2, -0.15) is 0 Å². The lowest BCUT2D eigenvalue weighted by atomic mass is 10.0. The van der Waals surface area contributed by atoms with Crippen molar-refractivity contribution in [3.05, 3.63) is 29.8 Å². The van der Waals surface area contributed by atoms with Gasteiger partial charge in [-0.15, -0.1) is 0 Å². The van der Waals surface area contributed by atoms with Gasteiger partial charge in [0, 0.05) is 17.7 Å². The van der Waals surface area contributed by atoms with Crippen LogP contribution in [0.4, 0.5) is 5.69 Å². The molecule has 4 heteroatoms. The third kappa shape index (κ3) is 3.54. The van der Waals surface area contributed by atoms with E-state index in [1.807, 2.05) is 6.92 Å². The third-order valence-corrected chi connectivity index (χ3v) is 2.67. The molecule has 3 N–H and O–H groups in total. The Kier molecular flexibility index (Phi) is 4.66. The summed E-state index contributed by atoms with van der Waals surface area (Å²) in [6, 6.07) is 7.02. The van der Waals surface area contributed by atoms with Crippen molar-refractivity contribution in [1.82, 2.24) is 0 Å². The monoisotopic (exact) mass is 237 g/mol. The molecule has 0 spiro atoms. The average molecular weight is 237 g/mol. The fourth-order valence-corrected chi connectivity index (χ4v) is 1.42. The van der Waals surface area contributed by atoms with Gasteiger partial charge in [-0.05, 0) is 31.2 Å². The third-order valence-electron chi connectivity index (χ3n) is 2.67. The number of hydrogen-bond acceptors (Lipinski definition) is 4. The van der Waals surface area contributed by atoms with Gasteiger partial charge in [-0.25, -0.2) is 0 Å². The first-order chi connectivity index (χ1) is 8.04. The molecule has 0 aliphatic rings. The van der Waals surface area contributed by atoms with Crippen LogP contribution in [0.1, 0.15) is 30.6 Å². The van der Waals surface area contributed by atoms with E-state index in [2.05, 4.69) is 5.32 Å².